The van der Waals surface area contributed by atoms with E-state index in [0.717, 1.165) is 16.5 Å². The van der Waals surface area contributed by atoms with Crippen molar-refractivity contribution < 1.29 is 24.2 Å². The van der Waals surface area contributed by atoms with Crippen molar-refractivity contribution in [3.63, 3.8) is 0 Å². The van der Waals surface area contributed by atoms with Crippen LogP contribution in [0.5, 0.6) is 0 Å². The number of benzene rings is 4. The molecule has 0 saturated heterocycles. The Morgan fingerprint density at radius 3 is 1.68 bits per heavy atom. The Morgan fingerprint density at radius 1 is 0.760 bits per heavy atom. The zero-order valence-electron chi connectivity index (χ0n) is 30.2. The third-order valence-corrected chi connectivity index (χ3v) is 9.33. The molecule has 1 unspecified atom stereocenters. The van der Waals surface area contributed by atoms with Gasteiger partial charge in [-0.25, -0.2) is 17.2 Å². The van der Waals surface area contributed by atoms with E-state index < -0.39 is 0 Å². The van der Waals surface area contributed by atoms with Crippen LogP contribution in [0.2, 0.25) is 10.0 Å². The van der Waals surface area contributed by atoms with Crippen LogP contribution < -0.4 is 0 Å². The molecule has 4 aliphatic carbocycles. The van der Waals surface area contributed by atoms with E-state index in [2.05, 4.69) is 120 Å². The molecule has 4 aromatic carbocycles. The zero-order chi connectivity index (χ0) is 35.2. The Morgan fingerprint density at radius 2 is 1.28 bits per heavy atom. The van der Waals surface area contributed by atoms with Gasteiger partial charge in [0.25, 0.3) is 0 Å². The van der Waals surface area contributed by atoms with Gasteiger partial charge in [0.05, 0.1) is 0 Å². The molecule has 0 nitrogen and oxygen atoms in total. The summed E-state index contributed by atoms with van der Waals surface area (Å²) in [6.07, 6.45) is 14.5. The van der Waals surface area contributed by atoms with E-state index in [-0.39, 0.29) is 35.6 Å². The van der Waals surface area contributed by atoms with E-state index in [1.807, 2.05) is 42.5 Å². The monoisotopic (exact) mass is 816 g/mol. The van der Waals surface area contributed by atoms with Gasteiger partial charge in [-0.3, -0.25) is 12.2 Å². The number of allylic oxidation sites excluding steroid dienone is 8. The average molecular weight is 820 g/mol. The third-order valence-electron chi connectivity index (χ3n) is 8.86. The van der Waals surface area contributed by atoms with Crippen molar-refractivity contribution in [3.05, 3.63) is 164 Å². The summed E-state index contributed by atoms with van der Waals surface area (Å²) in [6.45, 7) is 17.9. The topological polar surface area (TPSA) is 0 Å². The van der Waals surface area contributed by atoms with Crippen LogP contribution in [-0.2, 0) is 41.5 Å². The van der Waals surface area contributed by atoms with E-state index in [0.29, 0.717) is 5.92 Å². The van der Waals surface area contributed by atoms with Crippen LogP contribution in [-0.4, -0.2) is 4.21 Å². The van der Waals surface area contributed by atoms with Gasteiger partial charge in [0, 0.05) is 5.41 Å². The van der Waals surface area contributed by atoms with Crippen LogP contribution in [0, 0.1) is 30.2 Å². The van der Waals surface area contributed by atoms with Gasteiger partial charge >= 0.3 is 28.4 Å². The number of hydrogen-bond acceptors (Lipinski definition) is 0. The summed E-state index contributed by atoms with van der Waals surface area (Å²) in [4.78, 5) is 0. The van der Waals surface area contributed by atoms with E-state index in [1.165, 1.54) is 85.5 Å². The fraction of sp³-hybridized carbons (Fsp3) is 0.267. The van der Waals surface area contributed by atoms with Gasteiger partial charge in [-0.05, 0) is 58.4 Å². The second kappa shape index (κ2) is 19.0. The molecule has 0 N–H and O–H groups in total. The van der Waals surface area contributed by atoms with E-state index in [4.69, 9.17) is 23.2 Å². The summed E-state index contributed by atoms with van der Waals surface area (Å²) < 4.78 is 3.34. The SMILES string of the molecule is CC1=CC(C)[C-]=C1.CC1=[C-]C(C)(C)c2cc3c(cc21)-c1cc2c(cc1C3)C(C)(C)C=C2C.Cl.Cl.Clc1c[c-]ccc1.Clc1c[c-]ccc1.[CH2]=[Zr]. The van der Waals surface area contributed by atoms with Gasteiger partial charge in [0.2, 0.25) is 0 Å². The Balaban J connectivity index is 0.000000284. The predicted octanol–water partition coefficient (Wildman–Crippen LogP) is 13.5. The molecule has 262 valence electrons. The van der Waals surface area contributed by atoms with Crippen molar-refractivity contribution in [1.29, 1.82) is 0 Å². The first-order valence-corrected chi connectivity index (χ1v) is 18.8. The molecule has 0 amide bonds. The molecular formula is C45H46Cl4Zr-4. The minimum absolute atomic E-state index is 0. The summed E-state index contributed by atoms with van der Waals surface area (Å²) in [7, 11) is 0. The molecule has 0 bridgehead atoms. The molecule has 0 aromatic heterocycles. The van der Waals surface area contributed by atoms with Crippen LogP contribution >= 0.6 is 48.0 Å². The van der Waals surface area contributed by atoms with Crippen LogP contribution in [0.3, 0.4) is 0 Å². The molecule has 50 heavy (non-hydrogen) atoms. The van der Waals surface area contributed by atoms with E-state index >= 15 is 0 Å². The summed E-state index contributed by atoms with van der Waals surface area (Å²) in [5, 5.41) is 1.48. The fourth-order valence-electron chi connectivity index (χ4n) is 6.77. The third kappa shape index (κ3) is 10.7. The molecule has 0 radical (unpaired) electrons. The maximum absolute atomic E-state index is 5.51. The first-order chi connectivity index (χ1) is 22.7. The standard InChI is InChI=1S/C25H25.C7H9.2C6H4Cl.CH2.2ClH.Zr/c1-14-12-24(3,4)22-8-16-7-17-9-23-19(15(2)13-25(23,5)6)11-21(17)20(16)10-18(14)22;1-6-3-4-7(2)5-6;2*7-6-4-2-1-3-5-6;;;;/h8-12H,7H2,1-6H3;3,5,7H,1-2H3;2*1-2,4-5H;1H2;2*1H;/q4*-1;;;;. The van der Waals surface area contributed by atoms with Gasteiger partial charge in [-0.1, -0.05) is 81.1 Å². The second-order valence-corrected chi connectivity index (χ2v) is 14.5. The predicted molar refractivity (Wildman–Crippen MR) is 220 cm³/mol. The van der Waals surface area contributed by atoms with Crippen LogP contribution in [0.1, 0.15) is 88.8 Å². The van der Waals surface area contributed by atoms with Gasteiger partial charge in [-0.2, -0.15) is 95.5 Å². The van der Waals surface area contributed by atoms with Crippen molar-refractivity contribution in [2.45, 2.75) is 72.6 Å². The number of fused-ring (bicyclic) bond motifs is 5. The summed E-state index contributed by atoms with van der Waals surface area (Å²) in [5.41, 5.74) is 15.9. The number of halogens is 4. The molecule has 0 spiro atoms. The molecule has 5 heteroatoms. The maximum atomic E-state index is 5.51. The van der Waals surface area contributed by atoms with Crippen molar-refractivity contribution in [3.8, 4) is 11.1 Å². The van der Waals surface area contributed by atoms with Gasteiger partial charge < -0.3 is 0 Å². The summed E-state index contributed by atoms with van der Waals surface area (Å²) >= 11 is 12.3. The van der Waals surface area contributed by atoms with Crippen LogP contribution in [0.4, 0.5) is 0 Å². The average Bonchev–Trinajstić information content (AvgIpc) is 3.74. The van der Waals surface area contributed by atoms with E-state index in [1.54, 1.807) is 12.1 Å². The molecule has 0 saturated carbocycles. The normalized spacial score (nSPS) is 16.7. The van der Waals surface area contributed by atoms with Gasteiger partial charge in [-0.15, -0.1) is 43.4 Å². The molecule has 8 rings (SSSR count). The first-order valence-electron chi connectivity index (χ1n) is 16.3. The molecule has 1 atom stereocenters. The van der Waals surface area contributed by atoms with Crippen molar-refractivity contribution >= 4 is 63.4 Å². The first kappa shape index (κ1) is 43.9. The Bertz CT molecular complexity index is 1760. The van der Waals surface area contributed by atoms with Gasteiger partial charge in [0.15, 0.2) is 0 Å². The molecule has 4 aliphatic rings. The second-order valence-electron chi connectivity index (χ2n) is 13.7. The Hall–Kier alpha value is -2.25. The van der Waals surface area contributed by atoms with Crippen LogP contribution in [0.25, 0.3) is 22.3 Å². The Kier molecular flexibility index (Phi) is 16.7. The van der Waals surface area contributed by atoms with E-state index in [9.17, 15) is 0 Å². The number of hydrogen-bond donors (Lipinski definition) is 0. The summed E-state index contributed by atoms with van der Waals surface area (Å²) in [5.74, 6) is 0.556. The molecule has 0 fully saturated rings. The number of rotatable bonds is 0. The zero-order valence-corrected chi connectivity index (χ0v) is 35.8. The van der Waals surface area contributed by atoms with Gasteiger partial charge in [0.1, 0.15) is 0 Å². The molecule has 0 aliphatic heterocycles. The van der Waals surface area contributed by atoms with Crippen LogP contribution in [0.15, 0.2) is 96.6 Å². The van der Waals surface area contributed by atoms with Crippen molar-refractivity contribution in [1.82, 2.24) is 0 Å². The van der Waals surface area contributed by atoms with Crippen molar-refractivity contribution in [2.75, 3.05) is 0 Å². The molecular weight excluding hydrogens is 774 g/mol. The quantitative estimate of drug-likeness (QED) is 0.137. The molecule has 4 aromatic rings. The van der Waals surface area contributed by atoms with Crippen molar-refractivity contribution in [2.24, 2.45) is 5.92 Å². The minimum atomic E-state index is 0. The summed E-state index contributed by atoms with van der Waals surface area (Å²) in [6, 6.07) is 29.9. The Labute approximate surface area is 338 Å². The molecule has 0 heterocycles. The fourth-order valence-corrected chi connectivity index (χ4v) is 7.04.